The number of hydrogen-bond acceptors (Lipinski definition) is 2. The first kappa shape index (κ1) is 10.5. The number of rotatable bonds is 1. The molecule has 2 nitrogen and oxygen atoms in total. The van der Waals surface area contributed by atoms with Gasteiger partial charge >= 0.3 is 0 Å². The fourth-order valence-electron chi connectivity index (χ4n) is 2.22. The maximum absolute atomic E-state index is 6.20. The Morgan fingerprint density at radius 1 is 1.43 bits per heavy atom. The lowest BCUT2D eigenvalue weighted by Gasteiger charge is -2.40. The smallest absolute Gasteiger partial charge is 0.127 e. The molecule has 0 aromatic heterocycles. The third-order valence-corrected chi connectivity index (χ3v) is 6.41. The van der Waals surface area contributed by atoms with Crippen LogP contribution in [0.5, 0.6) is 0 Å². The maximum atomic E-state index is 6.20. The van der Waals surface area contributed by atoms with Crippen LogP contribution < -0.4 is 0 Å². The molecule has 0 aromatic carbocycles. The molecule has 1 aliphatic carbocycles. The van der Waals surface area contributed by atoms with Gasteiger partial charge in [0.25, 0.3) is 0 Å². The Hall–Kier alpha value is -0.0400. The average Bonchev–Trinajstić information content (AvgIpc) is 2.82. The molecule has 0 spiro atoms. The zero-order valence-electron chi connectivity index (χ0n) is 9.30. The zero-order chi connectivity index (χ0) is 10.4. The van der Waals surface area contributed by atoms with Gasteiger partial charge in [-0.1, -0.05) is 12.2 Å². The molecule has 1 saturated heterocycles. The van der Waals surface area contributed by atoms with E-state index in [1.54, 1.807) is 7.11 Å². The average molecular weight is 214 g/mol. The highest BCUT2D eigenvalue weighted by molar-refractivity contribution is 7.68. The summed E-state index contributed by atoms with van der Waals surface area (Å²) >= 11 is 0. The van der Waals surface area contributed by atoms with Crippen LogP contribution in [0.3, 0.4) is 0 Å². The van der Waals surface area contributed by atoms with E-state index >= 15 is 0 Å². The van der Waals surface area contributed by atoms with Gasteiger partial charge in [0, 0.05) is 13.3 Å². The first-order valence-electron chi connectivity index (χ1n) is 5.14. The summed E-state index contributed by atoms with van der Waals surface area (Å²) in [5, 5.41) is 1.51. The second-order valence-electron chi connectivity index (χ2n) is 4.86. The van der Waals surface area contributed by atoms with Crippen LogP contribution >= 0.6 is 7.34 Å². The van der Waals surface area contributed by atoms with E-state index in [0.29, 0.717) is 0 Å². The van der Waals surface area contributed by atoms with Gasteiger partial charge in [0.1, 0.15) is 7.34 Å². The van der Waals surface area contributed by atoms with Crippen LogP contribution in [0.4, 0.5) is 0 Å². The van der Waals surface area contributed by atoms with E-state index in [2.05, 4.69) is 20.4 Å². The molecule has 2 fully saturated rings. The summed E-state index contributed by atoms with van der Waals surface area (Å²) in [6.07, 6.45) is 4.31. The quantitative estimate of drug-likeness (QED) is 0.493. The van der Waals surface area contributed by atoms with Gasteiger partial charge in [-0.2, -0.15) is 0 Å². The summed E-state index contributed by atoms with van der Waals surface area (Å²) in [7, 11) is 0.0930. The molecule has 80 valence electrons. The van der Waals surface area contributed by atoms with Crippen molar-refractivity contribution in [3.8, 4) is 0 Å². The van der Waals surface area contributed by atoms with Crippen molar-refractivity contribution in [3.05, 3.63) is 12.2 Å². The van der Waals surface area contributed by atoms with Crippen LogP contribution in [-0.4, -0.2) is 24.2 Å². The molecule has 0 amide bonds. The van der Waals surface area contributed by atoms with E-state index in [4.69, 9.17) is 9.05 Å². The molecule has 0 aromatic rings. The zero-order valence-corrected chi connectivity index (χ0v) is 10.2. The highest BCUT2D eigenvalue weighted by atomic mass is 31.2. The largest absolute Gasteiger partial charge is 0.340 e. The Labute approximate surface area is 86.4 Å². The minimum atomic E-state index is -1.69. The molecule has 3 heteroatoms. The summed E-state index contributed by atoms with van der Waals surface area (Å²) in [4.78, 5) is 0. The summed E-state index contributed by atoms with van der Waals surface area (Å²) in [6.45, 7) is 8.38. The minimum Gasteiger partial charge on any atom is -0.340 e. The van der Waals surface area contributed by atoms with Gasteiger partial charge in [0.2, 0.25) is 0 Å². The molecule has 0 radical (unpaired) electrons. The molecule has 1 atom stereocenters. The molecular formula is C11H19O2P. The van der Waals surface area contributed by atoms with E-state index < -0.39 is 7.34 Å². The van der Waals surface area contributed by atoms with Crippen LogP contribution in [0, 0.1) is 0 Å². The van der Waals surface area contributed by atoms with Crippen LogP contribution in [0.15, 0.2) is 12.2 Å². The lowest BCUT2D eigenvalue weighted by atomic mass is 10.0. The fourth-order valence-corrected chi connectivity index (χ4v) is 5.46. The first-order valence-corrected chi connectivity index (χ1v) is 6.95. The Morgan fingerprint density at radius 3 is 2.50 bits per heavy atom. The Balaban J connectivity index is 2.36. The van der Waals surface area contributed by atoms with E-state index in [1.165, 1.54) is 23.7 Å². The maximum Gasteiger partial charge on any atom is 0.127 e. The Kier molecular flexibility index (Phi) is 2.42. The topological polar surface area (TPSA) is 18.5 Å². The van der Waals surface area contributed by atoms with E-state index in [9.17, 15) is 0 Å². The van der Waals surface area contributed by atoms with Crippen molar-refractivity contribution < 1.29 is 9.05 Å². The second kappa shape index (κ2) is 3.23. The highest BCUT2D eigenvalue weighted by Gasteiger charge is 2.40. The molecular weight excluding hydrogens is 195 g/mol. The Morgan fingerprint density at radius 2 is 2.07 bits per heavy atom. The van der Waals surface area contributed by atoms with Crippen LogP contribution in [0.1, 0.15) is 33.1 Å². The van der Waals surface area contributed by atoms with Gasteiger partial charge in [-0.25, -0.2) is 0 Å². The van der Waals surface area contributed by atoms with Crippen molar-refractivity contribution in [1.82, 2.24) is 0 Å². The van der Waals surface area contributed by atoms with Crippen LogP contribution in [0.25, 0.3) is 0 Å². The minimum absolute atomic E-state index is 0.0886. The van der Waals surface area contributed by atoms with Crippen molar-refractivity contribution in [2.45, 2.75) is 38.7 Å². The molecule has 1 aliphatic heterocycles. The van der Waals surface area contributed by atoms with Crippen LogP contribution in [0.2, 0.25) is 0 Å². The summed E-state index contributed by atoms with van der Waals surface area (Å²) < 4.78 is 11.9. The Bertz CT molecular complexity index is 322. The van der Waals surface area contributed by atoms with E-state index in [1.807, 2.05) is 0 Å². The predicted molar refractivity (Wildman–Crippen MR) is 62.0 cm³/mol. The molecule has 2 aliphatic rings. The first-order chi connectivity index (χ1) is 6.47. The molecule has 1 saturated carbocycles. The molecule has 2 rings (SSSR count). The molecule has 1 heterocycles. The molecule has 0 bridgehead atoms. The lowest BCUT2D eigenvalue weighted by Crippen LogP contribution is -2.30. The van der Waals surface area contributed by atoms with Gasteiger partial charge in [-0.3, -0.25) is 0 Å². The SMILES string of the molecule is C=C1CC(C)(C)O[P@](OC)(=C2CC2)C1. The third-order valence-electron chi connectivity index (χ3n) is 2.75. The predicted octanol–water partition coefficient (Wildman–Crippen LogP) is 3.20. The van der Waals surface area contributed by atoms with Crippen molar-refractivity contribution in [2.75, 3.05) is 13.3 Å². The van der Waals surface area contributed by atoms with Gasteiger partial charge in [0.15, 0.2) is 0 Å². The van der Waals surface area contributed by atoms with Gasteiger partial charge in [0.05, 0.1) is 5.60 Å². The normalized spacial score (nSPS) is 35.9. The van der Waals surface area contributed by atoms with Gasteiger partial charge < -0.3 is 9.05 Å². The second-order valence-corrected chi connectivity index (χ2v) is 7.70. The monoisotopic (exact) mass is 214 g/mol. The van der Waals surface area contributed by atoms with Gasteiger partial charge in [-0.05, 0) is 38.4 Å². The highest BCUT2D eigenvalue weighted by Crippen LogP contribution is 2.63. The molecule has 0 unspecified atom stereocenters. The molecule has 14 heavy (non-hydrogen) atoms. The van der Waals surface area contributed by atoms with E-state index in [0.717, 1.165) is 12.6 Å². The third kappa shape index (κ3) is 1.84. The fraction of sp³-hybridized carbons (Fsp3) is 0.727. The standard InChI is InChI=1S/C11H19O2P/c1-9-7-11(2,3)13-14(8-9,12-4)10-5-6-10/h1,5-8H2,2-4H3/t14-/m0/s1. The summed E-state index contributed by atoms with van der Waals surface area (Å²) in [5.74, 6) is 0. The van der Waals surface area contributed by atoms with Crippen molar-refractivity contribution in [2.24, 2.45) is 0 Å². The van der Waals surface area contributed by atoms with Crippen LogP contribution in [-0.2, 0) is 9.05 Å². The number of hydrogen-bond donors (Lipinski definition) is 0. The van der Waals surface area contributed by atoms with Crippen molar-refractivity contribution in [1.29, 1.82) is 0 Å². The van der Waals surface area contributed by atoms with Crippen molar-refractivity contribution >= 4 is 12.6 Å². The molecule has 0 N–H and O–H groups in total. The van der Waals surface area contributed by atoms with E-state index in [-0.39, 0.29) is 5.60 Å². The van der Waals surface area contributed by atoms with Gasteiger partial charge in [-0.15, -0.1) is 0 Å². The van der Waals surface area contributed by atoms with Crippen molar-refractivity contribution in [3.63, 3.8) is 0 Å². The lowest BCUT2D eigenvalue weighted by molar-refractivity contribution is 0.0950. The summed E-state index contributed by atoms with van der Waals surface area (Å²) in [5.41, 5.74) is 1.20. The summed E-state index contributed by atoms with van der Waals surface area (Å²) in [6, 6.07) is 0.